The van der Waals surface area contributed by atoms with E-state index in [4.69, 9.17) is 4.74 Å². The van der Waals surface area contributed by atoms with Crippen LogP contribution < -0.4 is 10.1 Å². The molecule has 0 spiro atoms. The molecule has 0 aliphatic heterocycles. The first-order chi connectivity index (χ1) is 12.8. The van der Waals surface area contributed by atoms with Crippen LogP contribution in [0.4, 0.5) is 18.9 Å². The second-order valence-electron chi connectivity index (χ2n) is 5.60. The molecule has 0 saturated heterocycles. The lowest BCUT2D eigenvalue weighted by molar-refractivity contribution is 0.0126. The Bertz CT molecular complexity index is 962. The zero-order valence-electron chi connectivity index (χ0n) is 14.0. The first kappa shape index (κ1) is 18.3. The van der Waals surface area contributed by atoms with Crippen molar-refractivity contribution in [1.29, 1.82) is 0 Å². The molecule has 9 heteroatoms. The summed E-state index contributed by atoms with van der Waals surface area (Å²) in [6, 6.07) is 7.23. The number of rotatable bonds is 5. The zero-order chi connectivity index (χ0) is 19.4. The molecule has 0 radical (unpaired) electrons. The van der Waals surface area contributed by atoms with E-state index in [9.17, 15) is 18.0 Å². The third kappa shape index (κ3) is 4.78. The molecule has 1 N–H and O–H groups in total. The topological polar surface area (TPSA) is 77.0 Å². The van der Waals surface area contributed by atoms with Gasteiger partial charge in [-0.25, -0.2) is 19.3 Å². The van der Waals surface area contributed by atoms with Crippen molar-refractivity contribution in [3.05, 3.63) is 72.3 Å². The molecule has 0 aliphatic carbocycles. The average molecular weight is 374 g/mol. The first-order valence-corrected chi connectivity index (χ1v) is 7.71. The predicted octanol–water partition coefficient (Wildman–Crippen LogP) is 4.17. The van der Waals surface area contributed by atoms with E-state index in [1.807, 2.05) is 0 Å². The minimum atomic E-state index is -3.19. The van der Waals surface area contributed by atoms with Crippen LogP contribution in [-0.4, -0.2) is 20.9 Å². The summed E-state index contributed by atoms with van der Waals surface area (Å²) in [7, 11) is 0. The van der Waals surface area contributed by atoms with Gasteiger partial charge < -0.3 is 10.1 Å². The second-order valence-corrected chi connectivity index (χ2v) is 5.60. The SMILES string of the molecule is CC(F)(F)c1cccc(C(=O)Nc2cc(F)cc(Oc3cncnc3)c2)n1. The summed E-state index contributed by atoms with van der Waals surface area (Å²) in [5, 5.41) is 2.41. The fourth-order valence-corrected chi connectivity index (χ4v) is 2.17. The van der Waals surface area contributed by atoms with Gasteiger partial charge in [-0.05, 0) is 18.2 Å². The lowest BCUT2D eigenvalue weighted by atomic mass is 10.2. The number of carbonyl (C=O) groups is 1. The number of alkyl halides is 2. The number of ether oxygens (including phenoxy) is 1. The molecule has 138 valence electrons. The number of aromatic nitrogens is 3. The van der Waals surface area contributed by atoms with Crippen LogP contribution in [0.1, 0.15) is 23.1 Å². The Labute approximate surface area is 152 Å². The highest BCUT2D eigenvalue weighted by Gasteiger charge is 2.27. The van der Waals surface area contributed by atoms with Crippen LogP contribution in [0.2, 0.25) is 0 Å². The molecule has 1 aromatic carbocycles. The first-order valence-electron chi connectivity index (χ1n) is 7.71. The number of nitrogens with zero attached hydrogens (tertiary/aromatic N) is 3. The molecule has 0 atom stereocenters. The Morgan fingerprint density at radius 1 is 1.11 bits per heavy atom. The van der Waals surface area contributed by atoms with Crippen molar-refractivity contribution in [2.24, 2.45) is 0 Å². The molecule has 0 bridgehead atoms. The van der Waals surface area contributed by atoms with E-state index in [-0.39, 0.29) is 22.9 Å². The standard InChI is InChI=1S/C18H13F3N4O2/c1-18(20,21)16-4-2-3-15(25-16)17(26)24-12-5-11(19)6-13(7-12)27-14-8-22-10-23-9-14/h2-10H,1H3,(H,24,26). The molecule has 2 heterocycles. The highest BCUT2D eigenvalue weighted by atomic mass is 19.3. The smallest absolute Gasteiger partial charge is 0.287 e. The van der Waals surface area contributed by atoms with Crippen molar-refractivity contribution in [3.8, 4) is 11.5 Å². The summed E-state index contributed by atoms with van der Waals surface area (Å²) in [5.74, 6) is -4.24. The molecule has 3 aromatic rings. The molecule has 1 amide bonds. The monoisotopic (exact) mass is 374 g/mol. The van der Waals surface area contributed by atoms with E-state index in [1.165, 1.54) is 36.9 Å². The number of hydrogen-bond donors (Lipinski definition) is 1. The number of halogens is 3. The van der Waals surface area contributed by atoms with Crippen LogP contribution in [0.5, 0.6) is 11.5 Å². The summed E-state index contributed by atoms with van der Waals surface area (Å²) in [4.78, 5) is 23.5. The molecule has 0 saturated carbocycles. The molecule has 2 aromatic heterocycles. The van der Waals surface area contributed by atoms with Gasteiger partial charge in [0.25, 0.3) is 11.8 Å². The lowest BCUT2D eigenvalue weighted by Gasteiger charge is -2.11. The van der Waals surface area contributed by atoms with Gasteiger partial charge in [0.15, 0.2) is 5.75 Å². The van der Waals surface area contributed by atoms with Gasteiger partial charge in [-0.3, -0.25) is 4.79 Å². The van der Waals surface area contributed by atoms with Gasteiger partial charge in [0.1, 0.15) is 29.3 Å². The maximum atomic E-state index is 13.8. The van der Waals surface area contributed by atoms with Gasteiger partial charge in [0.05, 0.1) is 12.4 Å². The maximum absolute atomic E-state index is 13.8. The Morgan fingerprint density at radius 2 is 1.85 bits per heavy atom. The number of anilines is 1. The zero-order valence-corrected chi connectivity index (χ0v) is 14.0. The molecule has 3 rings (SSSR count). The molecular formula is C18H13F3N4O2. The fraction of sp³-hybridized carbons (Fsp3) is 0.111. The molecule has 6 nitrogen and oxygen atoms in total. The second kappa shape index (κ2) is 7.40. The average Bonchev–Trinajstić information content (AvgIpc) is 2.61. The summed E-state index contributed by atoms with van der Waals surface area (Å²) in [6.07, 6.45) is 4.08. The van der Waals surface area contributed by atoms with Gasteiger partial charge in [-0.2, -0.15) is 8.78 Å². The minimum absolute atomic E-state index is 0.0716. The van der Waals surface area contributed by atoms with Gasteiger partial charge in [-0.1, -0.05) is 6.07 Å². The number of benzene rings is 1. The van der Waals surface area contributed by atoms with Crippen molar-refractivity contribution in [3.63, 3.8) is 0 Å². The quantitative estimate of drug-likeness (QED) is 0.725. The fourth-order valence-electron chi connectivity index (χ4n) is 2.17. The van der Waals surface area contributed by atoms with Crippen molar-refractivity contribution < 1.29 is 22.7 Å². The normalized spacial score (nSPS) is 11.1. The summed E-state index contributed by atoms with van der Waals surface area (Å²) in [6.45, 7) is 0.681. The largest absolute Gasteiger partial charge is 0.454 e. The van der Waals surface area contributed by atoms with E-state index in [0.717, 1.165) is 18.2 Å². The highest BCUT2D eigenvalue weighted by molar-refractivity contribution is 6.03. The summed E-state index contributed by atoms with van der Waals surface area (Å²) >= 11 is 0. The van der Waals surface area contributed by atoms with Crippen LogP contribution in [-0.2, 0) is 5.92 Å². The number of hydrogen-bond acceptors (Lipinski definition) is 5. The lowest BCUT2D eigenvalue weighted by Crippen LogP contribution is -2.17. The molecule has 0 aliphatic rings. The minimum Gasteiger partial charge on any atom is -0.454 e. The summed E-state index contributed by atoms with van der Waals surface area (Å²) in [5.41, 5.74) is -0.693. The van der Waals surface area contributed by atoms with Gasteiger partial charge in [0.2, 0.25) is 0 Å². The number of pyridine rings is 1. The summed E-state index contributed by atoms with van der Waals surface area (Å²) < 4.78 is 46.0. The van der Waals surface area contributed by atoms with E-state index in [0.29, 0.717) is 6.92 Å². The number of carbonyl (C=O) groups excluding carboxylic acids is 1. The molecule has 0 fully saturated rings. The maximum Gasteiger partial charge on any atom is 0.287 e. The Balaban J connectivity index is 1.80. The van der Waals surface area contributed by atoms with Gasteiger partial charge >= 0.3 is 0 Å². The van der Waals surface area contributed by atoms with E-state index < -0.39 is 23.3 Å². The predicted molar refractivity (Wildman–Crippen MR) is 90.3 cm³/mol. The molecule has 27 heavy (non-hydrogen) atoms. The van der Waals surface area contributed by atoms with Crippen LogP contribution in [0, 0.1) is 5.82 Å². The highest BCUT2D eigenvalue weighted by Crippen LogP contribution is 2.26. The third-order valence-corrected chi connectivity index (χ3v) is 3.33. The molecule has 0 unspecified atom stereocenters. The van der Waals surface area contributed by atoms with Gasteiger partial charge in [-0.15, -0.1) is 0 Å². The van der Waals surface area contributed by atoms with Crippen LogP contribution in [0.3, 0.4) is 0 Å². The van der Waals surface area contributed by atoms with Crippen molar-refractivity contribution in [1.82, 2.24) is 15.0 Å². The van der Waals surface area contributed by atoms with E-state index >= 15 is 0 Å². The van der Waals surface area contributed by atoms with Crippen molar-refractivity contribution >= 4 is 11.6 Å². The third-order valence-electron chi connectivity index (χ3n) is 3.33. The van der Waals surface area contributed by atoms with Crippen LogP contribution >= 0.6 is 0 Å². The van der Waals surface area contributed by atoms with Crippen molar-refractivity contribution in [2.75, 3.05) is 5.32 Å². The number of nitrogens with one attached hydrogen (secondary N) is 1. The van der Waals surface area contributed by atoms with Crippen LogP contribution in [0.15, 0.2) is 55.1 Å². The van der Waals surface area contributed by atoms with E-state index in [2.05, 4.69) is 20.3 Å². The van der Waals surface area contributed by atoms with Crippen LogP contribution in [0.25, 0.3) is 0 Å². The Morgan fingerprint density at radius 3 is 2.56 bits per heavy atom. The van der Waals surface area contributed by atoms with Gasteiger partial charge in [0, 0.05) is 24.7 Å². The Kier molecular flexibility index (Phi) is 5.02. The molecular weight excluding hydrogens is 361 g/mol. The van der Waals surface area contributed by atoms with E-state index in [1.54, 1.807) is 0 Å². The van der Waals surface area contributed by atoms with Crippen molar-refractivity contribution in [2.45, 2.75) is 12.8 Å². The number of amides is 1. The Hall–Kier alpha value is -3.49.